The van der Waals surface area contributed by atoms with Gasteiger partial charge in [0.05, 0.1) is 24.4 Å². The van der Waals surface area contributed by atoms with Crippen molar-refractivity contribution in [2.75, 3.05) is 0 Å². The first-order chi connectivity index (χ1) is 19.4. The lowest BCUT2D eigenvalue weighted by molar-refractivity contribution is 0.00414. The SMILES string of the molecule is O[C@@H]1CCCCC23C=CCC2(C=CC3)CCCC[C@@H]1O.O[C@@H]1CCCCC23CC=CC2(C=CC3)CCCC[C@@H]1O. The maximum Gasteiger partial charge on any atom is 0.0799 e. The molecule has 4 heteroatoms. The van der Waals surface area contributed by atoms with E-state index >= 15 is 0 Å². The van der Waals surface area contributed by atoms with Crippen LogP contribution in [0.4, 0.5) is 0 Å². The van der Waals surface area contributed by atoms with E-state index in [1.165, 1.54) is 57.8 Å². The standard InChI is InChI=1S/2C18H28O2/c2*19-15-7-1-3-9-17-11-5-13-18(17,14-6-12-17)10-4-2-8-16(15)20/h5-6,11,14-16,19-20H,1-4,7-10,12-13H2;5-6,11-12,15-16,19-20H,1-4,7-10,13-14H2/t2*15-,16+,17?,18?/m.0/s1. The predicted octanol–water partition coefficient (Wildman–Crippen LogP) is 7.47. The summed E-state index contributed by atoms with van der Waals surface area (Å²) in [5.41, 5.74) is 1.48. The Balaban J connectivity index is 0.000000161. The Hall–Kier alpha value is -1.20. The van der Waals surface area contributed by atoms with Crippen LogP contribution in [0.5, 0.6) is 0 Å². The summed E-state index contributed by atoms with van der Waals surface area (Å²) in [6.07, 6.45) is 39.0. The Labute approximate surface area is 243 Å². The zero-order valence-electron chi connectivity index (χ0n) is 24.9. The Bertz CT molecular complexity index is 894. The van der Waals surface area contributed by atoms with Crippen molar-refractivity contribution in [3.63, 3.8) is 0 Å². The van der Waals surface area contributed by atoms with E-state index in [-0.39, 0.29) is 0 Å². The van der Waals surface area contributed by atoms with Crippen molar-refractivity contribution in [1.82, 2.24) is 0 Å². The molecule has 0 saturated heterocycles. The van der Waals surface area contributed by atoms with Crippen LogP contribution in [0.25, 0.3) is 0 Å². The Morgan fingerprint density at radius 1 is 0.400 bits per heavy atom. The Morgan fingerprint density at radius 3 is 1.23 bits per heavy atom. The Kier molecular flexibility index (Phi) is 9.82. The summed E-state index contributed by atoms with van der Waals surface area (Å²) in [4.78, 5) is 0. The molecule has 0 spiro atoms. The molecule has 4 N–H and O–H groups in total. The van der Waals surface area contributed by atoms with Gasteiger partial charge in [-0.3, -0.25) is 0 Å². The van der Waals surface area contributed by atoms with E-state index in [0.717, 1.165) is 70.6 Å². The van der Waals surface area contributed by atoms with Gasteiger partial charge in [0.2, 0.25) is 0 Å². The molecule has 4 nitrogen and oxygen atoms in total. The van der Waals surface area contributed by atoms with Crippen molar-refractivity contribution in [3.8, 4) is 0 Å². The average Bonchev–Trinajstić information content (AvgIpc) is 3.65. The minimum Gasteiger partial charge on any atom is -0.390 e. The highest BCUT2D eigenvalue weighted by molar-refractivity contribution is 5.31. The predicted molar refractivity (Wildman–Crippen MR) is 163 cm³/mol. The third-order valence-electron chi connectivity index (χ3n) is 12.0. The molecule has 224 valence electrons. The van der Waals surface area contributed by atoms with Crippen LogP contribution in [-0.2, 0) is 0 Å². The van der Waals surface area contributed by atoms with Gasteiger partial charge in [0, 0.05) is 16.2 Å². The minimum absolute atomic E-state index is 0.301. The zero-order chi connectivity index (χ0) is 28.1. The van der Waals surface area contributed by atoms with Crippen LogP contribution in [0.3, 0.4) is 0 Å². The molecule has 2 saturated carbocycles. The van der Waals surface area contributed by atoms with Crippen LogP contribution < -0.4 is 0 Å². The van der Waals surface area contributed by atoms with Gasteiger partial charge in [0.15, 0.2) is 0 Å². The maximum absolute atomic E-state index is 9.96. The van der Waals surface area contributed by atoms with Gasteiger partial charge in [-0.15, -0.1) is 0 Å². The number of hydrogen-bond donors (Lipinski definition) is 4. The van der Waals surface area contributed by atoms with Gasteiger partial charge in [-0.25, -0.2) is 0 Å². The van der Waals surface area contributed by atoms with Crippen molar-refractivity contribution < 1.29 is 20.4 Å². The number of hydrogen-bond acceptors (Lipinski definition) is 4. The van der Waals surface area contributed by atoms with Crippen LogP contribution in [0, 0.1) is 21.7 Å². The lowest BCUT2D eigenvalue weighted by Gasteiger charge is -2.41. The van der Waals surface area contributed by atoms with Gasteiger partial charge < -0.3 is 20.4 Å². The highest BCUT2D eigenvalue weighted by Gasteiger charge is 2.52. The van der Waals surface area contributed by atoms with Gasteiger partial charge in [-0.2, -0.15) is 0 Å². The van der Waals surface area contributed by atoms with E-state index in [9.17, 15) is 20.4 Å². The Morgan fingerprint density at radius 2 is 0.775 bits per heavy atom. The van der Waals surface area contributed by atoms with Gasteiger partial charge in [0.25, 0.3) is 0 Å². The molecule has 0 heterocycles. The molecule has 6 atom stereocenters. The summed E-state index contributed by atoms with van der Waals surface area (Å²) in [6.45, 7) is 0. The first-order valence-corrected chi connectivity index (χ1v) is 16.8. The lowest BCUT2D eigenvalue weighted by Crippen LogP contribution is -2.33. The van der Waals surface area contributed by atoms with Gasteiger partial charge in [0.1, 0.15) is 0 Å². The van der Waals surface area contributed by atoms with Crippen molar-refractivity contribution in [3.05, 3.63) is 48.6 Å². The molecule has 6 aliphatic rings. The fraction of sp³-hybridized carbons (Fsp3) is 0.778. The molecule has 2 unspecified atom stereocenters. The average molecular weight is 553 g/mol. The molecule has 2 fully saturated rings. The number of allylic oxidation sites excluding steroid dienone is 8. The van der Waals surface area contributed by atoms with E-state index in [2.05, 4.69) is 48.6 Å². The number of aliphatic hydroxyl groups excluding tert-OH is 4. The lowest BCUT2D eigenvalue weighted by atomic mass is 9.62. The second kappa shape index (κ2) is 13.0. The highest BCUT2D eigenvalue weighted by atomic mass is 16.3. The van der Waals surface area contributed by atoms with Crippen LogP contribution in [0.1, 0.15) is 128 Å². The topological polar surface area (TPSA) is 80.9 Å². The molecule has 0 aliphatic heterocycles. The summed E-state index contributed by atoms with van der Waals surface area (Å²) >= 11 is 0. The van der Waals surface area contributed by atoms with Crippen molar-refractivity contribution in [1.29, 1.82) is 0 Å². The highest BCUT2D eigenvalue weighted by Crippen LogP contribution is 2.62. The first-order valence-electron chi connectivity index (χ1n) is 16.8. The van der Waals surface area contributed by atoms with Gasteiger partial charge >= 0.3 is 0 Å². The van der Waals surface area contributed by atoms with Crippen LogP contribution in [-0.4, -0.2) is 44.8 Å². The largest absolute Gasteiger partial charge is 0.390 e. The minimum atomic E-state index is -0.519. The fourth-order valence-corrected chi connectivity index (χ4v) is 9.41. The van der Waals surface area contributed by atoms with Crippen molar-refractivity contribution >= 4 is 0 Å². The molecule has 6 aliphatic carbocycles. The normalized spacial score (nSPS) is 45.5. The molecule has 0 bridgehead atoms. The molecular formula is C36H56O4. The quantitative estimate of drug-likeness (QED) is 0.235. The van der Waals surface area contributed by atoms with E-state index in [1.807, 2.05) is 0 Å². The third kappa shape index (κ3) is 5.98. The summed E-state index contributed by atoms with van der Waals surface area (Å²) < 4.78 is 0. The van der Waals surface area contributed by atoms with Crippen LogP contribution in [0.2, 0.25) is 0 Å². The van der Waals surface area contributed by atoms with Gasteiger partial charge in [-0.05, 0) is 82.5 Å². The maximum atomic E-state index is 9.96. The van der Waals surface area contributed by atoms with Crippen LogP contribution >= 0.6 is 0 Å². The zero-order valence-corrected chi connectivity index (χ0v) is 24.9. The molecular weight excluding hydrogens is 496 g/mol. The molecule has 40 heavy (non-hydrogen) atoms. The van der Waals surface area contributed by atoms with E-state index in [1.54, 1.807) is 0 Å². The van der Waals surface area contributed by atoms with Crippen molar-refractivity contribution in [2.45, 2.75) is 153 Å². The third-order valence-corrected chi connectivity index (χ3v) is 12.0. The summed E-state index contributed by atoms with van der Waals surface area (Å²) in [6, 6.07) is 0. The fourth-order valence-electron chi connectivity index (χ4n) is 9.41. The smallest absolute Gasteiger partial charge is 0.0799 e. The summed E-state index contributed by atoms with van der Waals surface area (Å²) in [5, 5.41) is 39.8. The molecule has 0 aromatic heterocycles. The van der Waals surface area contributed by atoms with Gasteiger partial charge in [-0.1, -0.05) is 100.0 Å². The first kappa shape index (κ1) is 30.3. The molecule has 6 rings (SSSR count). The summed E-state index contributed by atoms with van der Waals surface area (Å²) in [5.74, 6) is 0. The number of aliphatic hydroxyl groups is 4. The number of rotatable bonds is 0. The molecule has 0 aromatic rings. The second-order valence-corrected chi connectivity index (χ2v) is 14.3. The summed E-state index contributed by atoms with van der Waals surface area (Å²) in [7, 11) is 0. The van der Waals surface area contributed by atoms with E-state index in [0.29, 0.717) is 21.7 Å². The molecule has 0 amide bonds. The second-order valence-electron chi connectivity index (χ2n) is 14.3. The molecule has 0 radical (unpaired) electrons. The van der Waals surface area contributed by atoms with Crippen molar-refractivity contribution in [2.24, 2.45) is 21.7 Å². The monoisotopic (exact) mass is 552 g/mol. The van der Waals surface area contributed by atoms with E-state index in [4.69, 9.17) is 0 Å². The van der Waals surface area contributed by atoms with Crippen LogP contribution in [0.15, 0.2) is 48.6 Å². The van der Waals surface area contributed by atoms with E-state index < -0.39 is 24.4 Å². The molecule has 0 aromatic carbocycles.